The molecule has 0 unspecified atom stereocenters. The topological polar surface area (TPSA) is 77.3 Å². The Labute approximate surface area is 122 Å². The molecule has 0 fully saturated rings. The van der Waals surface area contributed by atoms with Crippen LogP contribution in [0, 0.1) is 17.0 Å². The van der Waals surface area contributed by atoms with Crippen molar-refractivity contribution < 1.29 is 9.66 Å². The van der Waals surface area contributed by atoms with Crippen molar-refractivity contribution in [1.29, 1.82) is 0 Å². The summed E-state index contributed by atoms with van der Waals surface area (Å²) in [6.45, 7) is 4.74. The third kappa shape index (κ3) is 3.68. The first-order chi connectivity index (χ1) is 10.1. The van der Waals surface area contributed by atoms with Gasteiger partial charge in [0, 0.05) is 24.2 Å². The zero-order chi connectivity index (χ0) is 15.2. The molecule has 0 aliphatic rings. The van der Waals surface area contributed by atoms with E-state index in [1.54, 1.807) is 25.3 Å². The number of anilines is 1. The number of aromatic nitrogens is 1. The normalized spacial score (nSPS) is 10.2. The predicted octanol–water partition coefficient (Wildman–Crippen LogP) is 3.31. The van der Waals surface area contributed by atoms with E-state index in [0.29, 0.717) is 24.6 Å². The van der Waals surface area contributed by atoms with Crippen LogP contribution in [0.4, 0.5) is 11.4 Å². The molecule has 6 heteroatoms. The molecule has 0 saturated heterocycles. The van der Waals surface area contributed by atoms with Gasteiger partial charge in [-0.1, -0.05) is 12.1 Å². The lowest BCUT2D eigenvalue weighted by atomic mass is 10.1. The molecule has 2 aromatic rings. The summed E-state index contributed by atoms with van der Waals surface area (Å²) in [4.78, 5) is 14.7. The molecule has 0 spiro atoms. The van der Waals surface area contributed by atoms with E-state index < -0.39 is 0 Å². The average Bonchev–Trinajstić information content (AvgIpc) is 2.48. The number of nitro groups is 1. The number of hydrogen-bond acceptors (Lipinski definition) is 5. The van der Waals surface area contributed by atoms with Gasteiger partial charge >= 0.3 is 0 Å². The van der Waals surface area contributed by atoms with Crippen molar-refractivity contribution in [2.45, 2.75) is 20.4 Å². The highest BCUT2D eigenvalue weighted by atomic mass is 16.6. The largest absolute Gasteiger partial charge is 0.478 e. The number of nitro benzene ring substituents is 1. The number of hydrogen-bond donors (Lipinski definition) is 1. The van der Waals surface area contributed by atoms with Crippen molar-refractivity contribution in [3.05, 3.63) is 57.8 Å². The minimum atomic E-state index is -0.364. The molecule has 1 aromatic carbocycles. The molecule has 0 saturated carbocycles. The van der Waals surface area contributed by atoms with Crippen molar-refractivity contribution in [2.24, 2.45) is 0 Å². The first-order valence-electron chi connectivity index (χ1n) is 6.67. The zero-order valence-electron chi connectivity index (χ0n) is 12.0. The van der Waals surface area contributed by atoms with Crippen LogP contribution in [-0.2, 0) is 6.54 Å². The summed E-state index contributed by atoms with van der Waals surface area (Å²) in [7, 11) is 0. The Balaban J connectivity index is 2.06. The minimum Gasteiger partial charge on any atom is -0.478 e. The molecule has 0 aliphatic heterocycles. The Bertz CT molecular complexity index is 627. The van der Waals surface area contributed by atoms with E-state index in [1.807, 2.05) is 19.1 Å². The summed E-state index contributed by atoms with van der Waals surface area (Å²) < 4.78 is 5.27. The summed E-state index contributed by atoms with van der Waals surface area (Å²) >= 11 is 0. The van der Waals surface area contributed by atoms with E-state index in [-0.39, 0.29) is 10.6 Å². The van der Waals surface area contributed by atoms with Gasteiger partial charge in [-0.15, -0.1) is 0 Å². The number of rotatable bonds is 6. The molecular formula is C15H17N3O3. The molecule has 1 aromatic heterocycles. The van der Waals surface area contributed by atoms with Gasteiger partial charge in [0.05, 0.1) is 23.4 Å². The Kier molecular flexibility index (Phi) is 4.71. The van der Waals surface area contributed by atoms with Crippen LogP contribution >= 0.6 is 0 Å². The van der Waals surface area contributed by atoms with Crippen LogP contribution in [0.5, 0.6) is 5.88 Å². The fraction of sp³-hybridized carbons (Fsp3) is 0.267. The maximum Gasteiger partial charge on any atom is 0.272 e. The Morgan fingerprint density at radius 2 is 2.14 bits per heavy atom. The van der Waals surface area contributed by atoms with Crippen molar-refractivity contribution in [3.63, 3.8) is 0 Å². The van der Waals surface area contributed by atoms with Gasteiger partial charge in [0.1, 0.15) is 0 Å². The van der Waals surface area contributed by atoms with E-state index in [0.717, 1.165) is 11.3 Å². The molecule has 6 nitrogen and oxygen atoms in total. The van der Waals surface area contributed by atoms with Crippen LogP contribution in [0.25, 0.3) is 0 Å². The lowest BCUT2D eigenvalue weighted by Gasteiger charge is -2.09. The number of nitrogens with one attached hydrogen (secondary N) is 1. The minimum absolute atomic E-state index is 0.138. The van der Waals surface area contributed by atoms with Gasteiger partial charge in [-0.05, 0) is 25.5 Å². The SMILES string of the molecule is CCOc1ccc(NCc2cccc([N+](=O)[O-])c2C)cn1. The van der Waals surface area contributed by atoms with Crippen LogP contribution in [0.15, 0.2) is 36.5 Å². The number of nitrogens with zero attached hydrogens (tertiary/aromatic N) is 2. The van der Waals surface area contributed by atoms with Gasteiger partial charge in [-0.25, -0.2) is 4.98 Å². The monoisotopic (exact) mass is 287 g/mol. The molecule has 0 radical (unpaired) electrons. The Morgan fingerprint density at radius 3 is 2.76 bits per heavy atom. The lowest BCUT2D eigenvalue weighted by molar-refractivity contribution is -0.385. The molecule has 0 aliphatic carbocycles. The maximum atomic E-state index is 10.9. The molecule has 0 atom stereocenters. The second kappa shape index (κ2) is 6.69. The van der Waals surface area contributed by atoms with E-state index in [9.17, 15) is 10.1 Å². The van der Waals surface area contributed by atoms with Gasteiger partial charge in [0.15, 0.2) is 0 Å². The second-order valence-corrected chi connectivity index (χ2v) is 4.49. The summed E-state index contributed by atoms with van der Waals surface area (Å²) in [5, 5.41) is 14.1. The highest BCUT2D eigenvalue weighted by molar-refractivity contribution is 5.48. The standard InChI is InChI=1S/C15H17N3O3/c1-3-21-15-8-7-13(10-17-15)16-9-12-5-4-6-14(11(12)2)18(19)20/h4-8,10,16H,3,9H2,1-2H3. The van der Waals surface area contributed by atoms with Crippen LogP contribution in [-0.4, -0.2) is 16.5 Å². The third-order valence-electron chi connectivity index (χ3n) is 3.13. The van der Waals surface area contributed by atoms with Gasteiger partial charge in [0.2, 0.25) is 5.88 Å². The fourth-order valence-electron chi connectivity index (χ4n) is 1.97. The summed E-state index contributed by atoms with van der Waals surface area (Å²) in [6.07, 6.45) is 1.68. The number of benzene rings is 1. The first kappa shape index (κ1) is 14.8. The van der Waals surface area contributed by atoms with Gasteiger partial charge in [-0.2, -0.15) is 0 Å². The van der Waals surface area contributed by atoms with Crippen molar-refractivity contribution in [2.75, 3.05) is 11.9 Å². The fourth-order valence-corrected chi connectivity index (χ4v) is 1.97. The Hall–Kier alpha value is -2.63. The average molecular weight is 287 g/mol. The number of ether oxygens (including phenoxy) is 1. The molecule has 0 bridgehead atoms. The van der Waals surface area contributed by atoms with E-state index >= 15 is 0 Å². The highest BCUT2D eigenvalue weighted by Gasteiger charge is 2.12. The van der Waals surface area contributed by atoms with Crippen LogP contribution in [0.3, 0.4) is 0 Å². The van der Waals surface area contributed by atoms with Gasteiger partial charge in [-0.3, -0.25) is 10.1 Å². The molecular weight excluding hydrogens is 270 g/mol. The van der Waals surface area contributed by atoms with Crippen LogP contribution < -0.4 is 10.1 Å². The molecule has 1 N–H and O–H groups in total. The van der Waals surface area contributed by atoms with Gasteiger partial charge < -0.3 is 10.1 Å². The van der Waals surface area contributed by atoms with E-state index in [4.69, 9.17) is 4.74 Å². The smallest absolute Gasteiger partial charge is 0.272 e. The predicted molar refractivity (Wildman–Crippen MR) is 80.6 cm³/mol. The lowest BCUT2D eigenvalue weighted by Crippen LogP contribution is -2.04. The molecule has 1 heterocycles. The van der Waals surface area contributed by atoms with Gasteiger partial charge in [0.25, 0.3) is 5.69 Å². The molecule has 2 rings (SSSR count). The van der Waals surface area contributed by atoms with E-state index in [1.165, 1.54) is 6.07 Å². The highest BCUT2D eigenvalue weighted by Crippen LogP contribution is 2.22. The quantitative estimate of drug-likeness (QED) is 0.651. The summed E-state index contributed by atoms with van der Waals surface area (Å²) in [5.41, 5.74) is 2.54. The Morgan fingerprint density at radius 1 is 1.33 bits per heavy atom. The van der Waals surface area contributed by atoms with Crippen molar-refractivity contribution in [1.82, 2.24) is 4.98 Å². The van der Waals surface area contributed by atoms with E-state index in [2.05, 4.69) is 10.3 Å². The van der Waals surface area contributed by atoms with Crippen LogP contribution in [0.1, 0.15) is 18.1 Å². The van der Waals surface area contributed by atoms with Crippen LogP contribution in [0.2, 0.25) is 0 Å². The molecule has 0 amide bonds. The number of pyridine rings is 1. The maximum absolute atomic E-state index is 10.9. The molecule has 21 heavy (non-hydrogen) atoms. The summed E-state index contributed by atoms with van der Waals surface area (Å²) in [6, 6.07) is 8.73. The summed E-state index contributed by atoms with van der Waals surface area (Å²) in [5.74, 6) is 0.578. The van der Waals surface area contributed by atoms with Crippen molar-refractivity contribution >= 4 is 11.4 Å². The second-order valence-electron chi connectivity index (χ2n) is 4.49. The zero-order valence-corrected chi connectivity index (χ0v) is 12.0. The van der Waals surface area contributed by atoms with Crippen molar-refractivity contribution in [3.8, 4) is 5.88 Å². The molecule has 110 valence electrons. The first-order valence-corrected chi connectivity index (χ1v) is 6.67. The third-order valence-corrected chi connectivity index (χ3v) is 3.13.